The van der Waals surface area contributed by atoms with Gasteiger partial charge in [-0.05, 0) is 17.7 Å². The number of imidazole rings is 1. The van der Waals surface area contributed by atoms with Crippen LogP contribution in [-0.4, -0.2) is 44.1 Å². The second-order valence-electron chi connectivity index (χ2n) is 7.32. The fourth-order valence-electron chi connectivity index (χ4n) is 3.30. The lowest BCUT2D eigenvalue weighted by atomic mass is 10.2. The van der Waals surface area contributed by atoms with Gasteiger partial charge in [0.1, 0.15) is 5.65 Å². The van der Waals surface area contributed by atoms with Crippen LogP contribution in [0, 0.1) is 0 Å². The SMILES string of the molecule is CN(C)C(=O)c1nc2ccc(Cl)cn2c1CNCc1cnn(Cc2ccccc2)c1. The molecule has 30 heavy (non-hydrogen) atoms. The van der Waals surface area contributed by atoms with E-state index in [1.807, 2.05) is 45.7 Å². The predicted octanol–water partition coefficient (Wildman–Crippen LogP) is 3.22. The van der Waals surface area contributed by atoms with Crippen molar-refractivity contribution < 1.29 is 4.79 Å². The molecule has 0 saturated heterocycles. The van der Waals surface area contributed by atoms with Gasteiger partial charge in [0.15, 0.2) is 5.69 Å². The monoisotopic (exact) mass is 422 g/mol. The van der Waals surface area contributed by atoms with Crippen molar-refractivity contribution in [2.45, 2.75) is 19.6 Å². The van der Waals surface area contributed by atoms with E-state index in [1.54, 1.807) is 26.4 Å². The van der Waals surface area contributed by atoms with Gasteiger partial charge in [0, 0.05) is 45.1 Å². The van der Waals surface area contributed by atoms with E-state index < -0.39 is 0 Å². The molecule has 154 valence electrons. The zero-order chi connectivity index (χ0) is 21.1. The van der Waals surface area contributed by atoms with E-state index in [0.29, 0.717) is 29.5 Å². The Morgan fingerprint density at radius 1 is 1.07 bits per heavy atom. The molecule has 1 N–H and O–H groups in total. The van der Waals surface area contributed by atoms with Gasteiger partial charge >= 0.3 is 0 Å². The largest absolute Gasteiger partial charge is 0.343 e. The van der Waals surface area contributed by atoms with Crippen LogP contribution in [0.15, 0.2) is 61.1 Å². The number of aromatic nitrogens is 4. The van der Waals surface area contributed by atoms with Gasteiger partial charge in [0.2, 0.25) is 0 Å². The third kappa shape index (κ3) is 4.37. The molecule has 8 heteroatoms. The molecule has 0 aliphatic heterocycles. The molecular formula is C22H23ClN6O. The van der Waals surface area contributed by atoms with Crippen LogP contribution >= 0.6 is 11.6 Å². The Hall–Kier alpha value is -3.16. The third-order valence-electron chi connectivity index (χ3n) is 4.79. The molecule has 0 fully saturated rings. The summed E-state index contributed by atoms with van der Waals surface area (Å²) in [5.41, 5.74) is 4.17. The molecule has 3 aromatic heterocycles. The van der Waals surface area contributed by atoms with Crippen LogP contribution < -0.4 is 5.32 Å². The molecule has 0 unspecified atom stereocenters. The Balaban J connectivity index is 1.48. The van der Waals surface area contributed by atoms with Crippen LogP contribution in [0.25, 0.3) is 5.65 Å². The van der Waals surface area contributed by atoms with E-state index in [4.69, 9.17) is 11.6 Å². The van der Waals surface area contributed by atoms with Crippen LogP contribution in [0.1, 0.15) is 27.3 Å². The highest BCUT2D eigenvalue weighted by Crippen LogP contribution is 2.18. The second kappa shape index (κ2) is 8.69. The zero-order valence-corrected chi connectivity index (χ0v) is 17.7. The first-order chi connectivity index (χ1) is 14.5. The summed E-state index contributed by atoms with van der Waals surface area (Å²) in [5, 5.41) is 8.43. The summed E-state index contributed by atoms with van der Waals surface area (Å²) in [4.78, 5) is 18.6. The van der Waals surface area contributed by atoms with E-state index in [0.717, 1.165) is 17.8 Å². The molecular weight excluding hydrogens is 400 g/mol. The maximum absolute atomic E-state index is 12.6. The first-order valence-electron chi connectivity index (χ1n) is 9.65. The van der Waals surface area contributed by atoms with E-state index in [2.05, 4.69) is 27.5 Å². The summed E-state index contributed by atoms with van der Waals surface area (Å²) in [7, 11) is 3.44. The van der Waals surface area contributed by atoms with Crippen molar-refractivity contribution in [1.29, 1.82) is 0 Å². The summed E-state index contributed by atoms with van der Waals surface area (Å²) in [6, 6.07) is 13.8. The van der Waals surface area contributed by atoms with Crippen molar-refractivity contribution in [3.63, 3.8) is 0 Å². The predicted molar refractivity (Wildman–Crippen MR) is 117 cm³/mol. The number of carbonyl (C=O) groups is 1. The quantitative estimate of drug-likeness (QED) is 0.496. The molecule has 1 amide bonds. The molecule has 0 spiro atoms. The van der Waals surface area contributed by atoms with Crippen LogP contribution in [-0.2, 0) is 19.6 Å². The Bertz CT molecular complexity index is 1170. The number of hydrogen-bond acceptors (Lipinski definition) is 4. The van der Waals surface area contributed by atoms with Gasteiger partial charge in [-0.3, -0.25) is 9.48 Å². The number of amides is 1. The molecule has 4 aromatic rings. The van der Waals surface area contributed by atoms with Gasteiger partial charge in [-0.25, -0.2) is 4.98 Å². The maximum Gasteiger partial charge on any atom is 0.273 e. The Morgan fingerprint density at radius 3 is 2.63 bits per heavy atom. The summed E-state index contributed by atoms with van der Waals surface area (Å²) >= 11 is 6.17. The van der Waals surface area contributed by atoms with Crippen LogP contribution in [0.5, 0.6) is 0 Å². The topological polar surface area (TPSA) is 67.5 Å². The minimum Gasteiger partial charge on any atom is -0.343 e. The summed E-state index contributed by atoms with van der Waals surface area (Å²) in [6.07, 6.45) is 5.66. The number of nitrogens with one attached hydrogen (secondary N) is 1. The molecule has 0 atom stereocenters. The number of nitrogens with zero attached hydrogens (tertiary/aromatic N) is 5. The summed E-state index contributed by atoms with van der Waals surface area (Å²) in [6.45, 7) is 1.83. The van der Waals surface area contributed by atoms with Gasteiger partial charge in [0.05, 0.1) is 23.5 Å². The molecule has 0 aliphatic carbocycles. The normalized spacial score (nSPS) is 11.2. The van der Waals surface area contributed by atoms with Crippen molar-refractivity contribution in [2.75, 3.05) is 14.1 Å². The van der Waals surface area contributed by atoms with E-state index in [9.17, 15) is 4.79 Å². The zero-order valence-electron chi connectivity index (χ0n) is 16.9. The van der Waals surface area contributed by atoms with Gasteiger partial charge in [-0.15, -0.1) is 0 Å². The molecule has 3 heterocycles. The number of fused-ring (bicyclic) bond motifs is 1. The lowest BCUT2D eigenvalue weighted by Crippen LogP contribution is -2.25. The van der Waals surface area contributed by atoms with Gasteiger partial charge in [-0.1, -0.05) is 41.9 Å². The van der Waals surface area contributed by atoms with E-state index >= 15 is 0 Å². The lowest BCUT2D eigenvalue weighted by Gasteiger charge is -2.11. The van der Waals surface area contributed by atoms with Crippen LogP contribution in [0.3, 0.4) is 0 Å². The maximum atomic E-state index is 12.6. The third-order valence-corrected chi connectivity index (χ3v) is 5.01. The highest BCUT2D eigenvalue weighted by atomic mass is 35.5. The standard InChI is InChI=1S/C22H23ClN6O/c1-27(2)22(30)21-19(29-15-18(23)8-9-20(29)26-21)12-24-10-17-11-25-28(14-17)13-16-6-4-3-5-7-16/h3-9,11,14-15,24H,10,12-13H2,1-2H3. The first-order valence-corrected chi connectivity index (χ1v) is 10.0. The molecule has 0 aliphatic rings. The summed E-state index contributed by atoms with van der Waals surface area (Å²) in [5.74, 6) is -0.137. The molecule has 7 nitrogen and oxygen atoms in total. The number of hydrogen-bond donors (Lipinski definition) is 1. The van der Waals surface area contributed by atoms with Crippen LogP contribution in [0.4, 0.5) is 0 Å². The average molecular weight is 423 g/mol. The minimum absolute atomic E-state index is 0.137. The Morgan fingerprint density at radius 2 is 1.87 bits per heavy atom. The summed E-state index contributed by atoms with van der Waals surface area (Å²) < 4.78 is 3.78. The second-order valence-corrected chi connectivity index (χ2v) is 7.75. The number of halogens is 1. The van der Waals surface area contributed by atoms with Crippen molar-refractivity contribution >= 4 is 23.2 Å². The number of pyridine rings is 1. The van der Waals surface area contributed by atoms with Crippen molar-refractivity contribution in [3.05, 3.63) is 88.6 Å². The molecule has 4 rings (SSSR count). The van der Waals surface area contributed by atoms with Crippen molar-refractivity contribution in [1.82, 2.24) is 29.4 Å². The van der Waals surface area contributed by atoms with Crippen molar-refractivity contribution in [2.24, 2.45) is 0 Å². The van der Waals surface area contributed by atoms with E-state index in [-0.39, 0.29) is 5.91 Å². The first kappa shape index (κ1) is 20.1. The molecule has 0 radical (unpaired) electrons. The van der Waals surface area contributed by atoms with E-state index in [1.165, 1.54) is 10.5 Å². The fourth-order valence-corrected chi connectivity index (χ4v) is 3.46. The van der Waals surface area contributed by atoms with Crippen LogP contribution in [0.2, 0.25) is 5.02 Å². The molecule has 0 saturated carbocycles. The van der Waals surface area contributed by atoms with Gasteiger partial charge in [-0.2, -0.15) is 5.10 Å². The number of carbonyl (C=O) groups excluding carboxylic acids is 1. The highest BCUT2D eigenvalue weighted by Gasteiger charge is 2.20. The smallest absolute Gasteiger partial charge is 0.273 e. The van der Waals surface area contributed by atoms with Gasteiger partial charge < -0.3 is 14.6 Å². The average Bonchev–Trinajstić information content (AvgIpc) is 3.32. The van der Waals surface area contributed by atoms with Gasteiger partial charge in [0.25, 0.3) is 5.91 Å². The fraction of sp³-hybridized carbons (Fsp3) is 0.227. The minimum atomic E-state index is -0.137. The molecule has 1 aromatic carbocycles. The highest BCUT2D eigenvalue weighted by molar-refractivity contribution is 6.30. The number of rotatable bonds is 7. The van der Waals surface area contributed by atoms with Crippen molar-refractivity contribution in [3.8, 4) is 0 Å². The molecule has 0 bridgehead atoms. The Labute approximate surface area is 179 Å². The number of benzene rings is 1. The Kier molecular flexibility index (Phi) is 5.83. The lowest BCUT2D eigenvalue weighted by molar-refractivity contribution is 0.0821.